The fraction of sp³-hybridized carbons (Fsp3) is 0.103. The van der Waals surface area contributed by atoms with E-state index in [-0.39, 0.29) is 17.3 Å². The number of benzene rings is 4. The van der Waals surface area contributed by atoms with Gasteiger partial charge in [-0.1, -0.05) is 60.7 Å². The van der Waals surface area contributed by atoms with E-state index in [2.05, 4.69) is 0 Å². The number of ketones is 2. The molecule has 1 aliphatic heterocycles. The minimum atomic E-state index is -0.519. The summed E-state index contributed by atoms with van der Waals surface area (Å²) in [4.78, 5) is 27.3. The summed E-state index contributed by atoms with van der Waals surface area (Å²) in [6, 6.07) is 24.3. The molecule has 1 aliphatic carbocycles. The number of methoxy groups -OCH3 is 2. The number of ether oxygens (including phenoxy) is 3. The molecule has 0 amide bonds. The Morgan fingerprint density at radius 1 is 0.735 bits per heavy atom. The maximum atomic E-state index is 13.9. The number of allylic oxidation sites excluding steroid dienone is 2. The van der Waals surface area contributed by atoms with Crippen LogP contribution in [-0.4, -0.2) is 25.8 Å². The Hall–Kier alpha value is -4.38. The second-order valence-corrected chi connectivity index (χ2v) is 8.29. The zero-order valence-corrected chi connectivity index (χ0v) is 18.6. The number of rotatable bonds is 3. The van der Waals surface area contributed by atoms with Crippen molar-refractivity contribution in [3.63, 3.8) is 0 Å². The van der Waals surface area contributed by atoms with Gasteiger partial charge in [0.15, 0.2) is 23.0 Å². The highest BCUT2D eigenvalue weighted by atomic mass is 16.5. The van der Waals surface area contributed by atoms with E-state index in [9.17, 15) is 9.59 Å². The van der Waals surface area contributed by atoms with Crippen molar-refractivity contribution in [1.82, 2.24) is 0 Å². The molecule has 0 radical (unpaired) electrons. The number of hydrogen-bond donors (Lipinski definition) is 0. The van der Waals surface area contributed by atoms with Crippen LogP contribution in [0.2, 0.25) is 0 Å². The molecule has 0 bridgehead atoms. The van der Waals surface area contributed by atoms with Crippen LogP contribution in [0.4, 0.5) is 0 Å². The second kappa shape index (κ2) is 7.59. The van der Waals surface area contributed by atoms with Gasteiger partial charge in [0.1, 0.15) is 5.75 Å². The molecule has 1 heterocycles. The molecule has 5 nitrogen and oxygen atoms in total. The molecular formula is C29H20O5. The predicted molar refractivity (Wildman–Crippen MR) is 128 cm³/mol. The Morgan fingerprint density at radius 3 is 2.21 bits per heavy atom. The molecule has 4 aromatic carbocycles. The van der Waals surface area contributed by atoms with Crippen molar-refractivity contribution in [3.8, 4) is 17.2 Å². The van der Waals surface area contributed by atoms with Crippen LogP contribution < -0.4 is 14.2 Å². The third-order valence-electron chi connectivity index (χ3n) is 6.57. The average Bonchev–Trinajstić information content (AvgIpc) is 2.90. The van der Waals surface area contributed by atoms with E-state index in [4.69, 9.17) is 14.2 Å². The van der Waals surface area contributed by atoms with E-state index in [1.54, 1.807) is 38.5 Å². The molecule has 0 N–H and O–H groups in total. The summed E-state index contributed by atoms with van der Waals surface area (Å²) in [5.41, 5.74) is 2.77. The largest absolute Gasteiger partial charge is 0.493 e. The summed E-state index contributed by atoms with van der Waals surface area (Å²) in [6.07, 6.45) is 0. The Morgan fingerprint density at radius 2 is 1.44 bits per heavy atom. The lowest BCUT2D eigenvalue weighted by Gasteiger charge is -2.33. The SMILES string of the molecule is COc1ccc(C2C3=C(Oc4ccc5ccccc5c42)C(=O)c2ccccc2C3=O)cc1OC. The van der Waals surface area contributed by atoms with Crippen LogP contribution in [0.25, 0.3) is 10.8 Å². The van der Waals surface area contributed by atoms with Crippen molar-refractivity contribution in [3.05, 3.63) is 112 Å². The summed E-state index contributed by atoms with van der Waals surface area (Å²) in [5, 5.41) is 1.99. The predicted octanol–water partition coefficient (Wildman–Crippen LogP) is 5.71. The first-order valence-corrected chi connectivity index (χ1v) is 11.0. The molecule has 5 heteroatoms. The third-order valence-corrected chi connectivity index (χ3v) is 6.57. The average molecular weight is 448 g/mol. The molecular weight excluding hydrogens is 428 g/mol. The van der Waals surface area contributed by atoms with Crippen molar-refractivity contribution in [1.29, 1.82) is 0 Å². The maximum absolute atomic E-state index is 13.9. The lowest BCUT2D eigenvalue weighted by atomic mass is 9.74. The molecule has 34 heavy (non-hydrogen) atoms. The summed E-state index contributed by atoms with van der Waals surface area (Å²) >= 11 is 0. The molecule has 0 spiro atoms. The Bertz CT molecular complexity index is 1550. The van der Waals surface area contributed by atoms with Gasteiger partial charge in [0.2, 0.25) is 5.78 Å². The van der Waals surface area contributed by atoms with E-state index >= 15 is 0 Å². The number of carbonyl (C=O) groups is 2. The molecule has 0 fully saturated rings. The molecule has 6 rings (SSSR count). The molecule has 1 atom stereocenters. The zero-order chi connectivity index (χ0) is 23.4. The van der Waals surface area contributed by atoms with Crippen LogP contribution in [0.15, 0.2) is 90.2 Å². The second-order valence-electron chi connectivity index (χ2n) is 8.29. The fourth-order valence-electron chi connectivity index (χ4n) is 5.02. The molecule has 0 saturated heterocycles. The van der Waals surface area contributed by atoms with Gasteiger partial charge in [0.25, 0.3) is 0 Å². The minimum absolute atomic E-state index is 0.0891. The van der Waals surface area contributed by atoms with Gasteiger partial charge in [-0.25, -0.2) is 0 Å². The first-order chi connectivity index (χ1) is 16.6. The topological polar surface area (TPSA) is 61.8 Å². The van der Waals surface area contributed by atoms with Crippen molar-refractivity contribution in [2.45, 2.75) is 5.92 Å². The normalized spacial score (nSPS) is 16.5. The van der Waals surface area contributed by atoms with Gasteiger partial charge in [0, 0.05) is 22.6 Å². The van der Waals surface area contributed by atoms with Gasteiger partial charge in [-0.15, -0.1) is 0 Å². The van der Waals surface area contributed by atoms with Crippen LogP contribution in [0, 0.1) is 0 Å². The van der Waals surface area contributed by atoms with Gasteiger partial charge in [0.05, 0.1) is 19.8 Å². The number of carbonyl (C=O) groups excluding carboxylic acids is 2. The van der Waals surface area contributed by atoms with Crippen LogP contribution in [0.1, 0.15) is 37.8 Å². The first-order valence-electron chi connectivity index (χ1n) is 11.0. The van der Waals surface area contributed by atoms with Gasteiger partial charge in [-0.2, -0.15) is 0 Å². The lowest BCUT2D eigenvalue weighted by Crippen LogP contribution is -2.31. The van der Waals surface area contributed by atoms with Crippen molar-refractivity contribution >= 4 is 22.3 Å². The zero-order valence-electron chi connectivity index (χ0n) is 18.6. The van der Waals surface area contributed by atoms with E-state index in [0.717, 1.165) is 21.9 Å². The monoisotopic (exact) mass is 448 g/mol. The Kier molecular flexibility index (Phi) is 4.52. The van der Waals surface area contributed by atoms with E-state index in [1.807, 2.05) is 54.6 Å². The molecule has 1 unspecified atom stereocenters. The van der Waals surface area contributed by atoms with E-state index in [0.29, 0.717) is 33.9 Å². The summed E-state index contributed by atoms with van der Waals surface area (Å²) in [6.45, 7) is 0. The standard InChI is InChI=1S/C29H20O5/c1-32-21-13-12-17(15-23(21)33-2)24-25-18-8-4-3-7-16(18)11-14-22(25)34-29-26(24)27(30)19-9-5-6-10-20(19)28(29)31/h3-15,24H,1-2H3. The molecule has 0 saturated carbocycles. The summed E-state index contributed by atoms with van der Waals surface area (Å²) in [7, 11) is 3.15. The van der Waals surface area contributed by atoms with Gasteiger partial charge >= 0.3 is 0 Å². The fourth-order valence-corrected chi connectivity index (χ4v) is 5.02. The van der Waals surface area contributed by atoms with Gasteiger partial charge in [-0.3, -0.25) is 9.59 Å². The highest BCUT2D eigenvalue weighted by Crippen LogP contribution is 2.50. The van der Waals surface area contributed by atoms with Crippen LogP contribution in [0.3, 0.4) is 0 Å². The summed E-state index contributed by atoms with van der Waals surface area (Å²) < 4.78 is 17.2. The third kappa shape index (κ3) is 2.80. The van der Waals surface area contributed by atoms with Crippen molar-refractivity contribution in [2.24, 2.45) is 0 Å². The van der Waals surface area contributed by atoms with E-state index in [1.165, 1.54) is 0 Å². The minimum Gasteiger partial charge on any atom is -0.493 e. The number of Topliss-reactive ketones (excluding diaryl/α,β-unsaturated/α-hetero) is 2. The highest BCUT2D eigenvalue weighted by molar-refractivity contribution is 6.27. The highest BCUT2D eigenvalue weighted by Gasteiger charge is 2.43. The quantitative estimate of drug-likeness (QED) is 0.401. The van der Waals surface area contributed by atoms with Crippen LogP contribution in [0.5, 0.6) is 17.2 Å². The summed E-state index contributed by atoms with van der Waals surface area (Å²) in [5.74, 6) is 0.781. The van der Waals surface area contributed by atoms with Crippen LogP contribution in [-0.2, 0) is 0 Å². The number of fused-ring (bicyclic) bond motifs is 4. The molecule has 0 aromatic heterocycles. The first kappa shape index (κ1) is 20.2. The Balaban J connectivity index is 1.68. The maximum Gasteiger partial charge on any atom is 0.229 e. The molecule has 4 aromatic rings. The smallest absolute Gasteiger partial charge is 0.229 e. The van der Waals surface area contributed by atoms with Crippen LogP contribution >= 0.6 is 0 Å². The van der Waals surface area contributed by atoms with Gasteiger partial charge in [-0.05, 0) is 34.5 Å². The molecule has 2 aliphatic rings. The lowest BCUT2D eigenvalue weighted by molar-refractivity contribution is 0.0927. The van der Waals surface area contributed by atoms with Gasteiger partial charge < -0.3 is 14.2 Å². The van der Waals surface area contributed by atoms with Crippen molar-refractivity contribution in [2.75, 3.05) is 14.2 Å². The Labute approximate surface area is 196 Å². The van der Waals surface area contributed by atoms with Crippen molar-refractivity contribution < 1.29 is 23.8 Å². The number of hydrogen-bond acceptors (Lipinski definition) is 5. The molecule has 166 valence electrons. The van der Waals surface area contributed by atoms with E-state index < -0.39 is 5.92 Å².